The summed E-state index contributed by atoms with van der Waals surface area (Å²) in [6.07, 6.45) is 3.94. The Labute approximate surface area is 99.7 Å². The molecule has 90 valence electrons. The van der Waals surface area contributed by atoms with E-state index in [1.807, 2.05) is 19.1 Å². The topological polar surface area (TPSA) is 43.4 Å². The number of carbonyl (C=O) groups excluding carboxylic acids is 2. The largest absolute Gasteiger partial charge is 0.469 e. The first-order chi connectivity index (χ1) is 8.45. The van der Waals surface area contributed by atoms with Gasteiger partial charge in [-0.2, -0.15) is 0 Å². The van der Waals surface area contributed by atoms with Crippen molar-refractivity contribution in [2.75, 3.05) is 7.11 Å². The molecule has 0 saturated heterocycles. The predicted molar refractivity (Wildman–Crippen MR) is 61.9 cm³/mol. The molecule has 0 bridgehead atoms. The molecule has 0 amide bonds. The number of rotatable bonds is 5. The molecule has 0 aromatic carbocycles. The lowest BCUT2D eigenvalue weighted by atomic mass is 9.89. The predicted octanol–water partition coefficient (Wildman–Crippen LogP) is 2.50. The van der Waals surface area contributed by atoms with Crippen molar-refractivity contribution in [3.05, 3.63) is 12.2 Å². The highest BCUT2D eigenvalue weighted by molar-refractivity contribution is 5.84. The SMILES string of the molecule is [2H]C([2H])(C(=O)OC)C1CCC(=O)C1CC=CCC. The highest BCUT2D eigenvalue weighted by atomic mass is 16.5. The Kier molecular flexibility index (Phi) is 4.06. The summed E-state index contributed by atoms with van der Waals surface area (Å²) >= 11 is 0. The molecule has 1 fully saturated rings. The molecular formula is C13H20O3. The standard InChI is InChI=1S/C13H20O3/c1-3-4-5-6-11-10(7-8-12(11)14)9-13(15)16-2/h4-5,10-11H,3,6-9H2,1-2H3/i9D2. The number of ketones is 1. The summed E-state index contributed by atoms with van der Waals surface area (Å²) in [5, 5.41) is 0. The van der Waals surface area contributed by atoms with Crippen LogP contribution in [0.2, 0.25) is 0 Å². The maximum atomic E-state index is 11.8. The smallest absolute Gasteiger partial charge is 0.305 e. The van der Waals surface area contributed by atoms with Crippen LogP contribution in [0, 0.1) is 11.8 Å². The summed E-state index contributed by atoms with van der Waals surface area (Å²) < 4.78 is 20.2. The molecule has 0 heterocycles. The number of esters is 1. The van der Waals surface area contributed by atoms with Crippen molar-refractivity contribution in [2.45, 2.75) is 39.0 Å². The Morgan fingerprint density at radius 1 is 1.62 bits per heavy atom. The van der Waals surface area contributed by atoms with Gasteiger partial charge >= 0.3 is 5.97 Å². The van der Waals surface area contributed by atoms with Crippen LogP contribution in [0.1, 0.15) is 41.7 Å². The van der Waals surface area contributed by atoms with E-state index in [0.29, 0.717) is 19.3 Å². The average molecular weight is 226 g/mol. The highest BCUT2D eigenvalue weighted by Crippen LogP contribution is 2.34. The van der Waals surface area contributed by atoms with E-state index in [9.17, 15) is 9.59 Å². The molecule has 0 aromatic rings. The van der Waals surface area contributed by atoms with Gasteiger partial charge in [-0.1, -0.05) is 19.1 Å². The second-order valence-electron chi connectivity index (χ2n) is 3.97. The van der Waals surface area contributed by atoms with Gasteiger partial charge in [-0.05, 0) is 25.2 Å². The van der Waals surface area contributed by atoms with Crippen LogP contribution in [0.25, 0.3) is 0 Å². The van der Waals surface area contributed by atoms with Gasteiger partial charge in [0.1, 0.15) is 5.78 Å². The lowest BCUT2D eigenvalue weighted by Gasteiger charge is -2.15. The molecule has 2 unspecified atom stereocenters. The van der Waals surface area contributed by atoms with E-state index in [1.165, 1.54) is 7.11 Å². The Bertz CT molecular complexity index is 350. The fraction of sp³-hybridized carbons (Fsp3) is 0.692. The zero-order valence-electron chi connectivity index (χ0n) is 11.9. The Hall–Kier alpha value is -1.12. The molecule has 1 rings (SSSR count). The van der Waals surface area contributed by atoms with Crippen LogP contribution in [0.4, 0.5) is 0 Å². The van der Waals surface area contributed by atoms with Gasteiger partial charge in [0.15, 0.2) is 0 Å². The monoisotopic (exact) mass is 226 g/mol. The summed E-state index contributed by atoms with van der Waals surface area (Å²) in [6, 6.07) is 0. The number of carbonyl (C=O) groups is 2. The van der Waals surface area contributed by atoms with Gasteiger partial charge in [-0.25, -0.2) is 0 Å². The van der Waals surface area contributed by atoms with Crippen molar-refractivity contribution in [2.24, 2.45) is 11.8 Å². The van der Waals surface area contributed by atoms with Gasteiger partial charge in [0, 0.05) is 21.5 Å². The quantitative estimate of drug-likeness (QED) is 0.534. The number of Topliss-reactive ketones (excluding diaryl/α,β-unsaturated/α-hetero) is 1. The third kappa shape index (κ3) is 3.47. The van der Waals surface area contributed by atoms with Crippen LogP contribution in [-0.2, 0) is 14.3 Å². The molecule has 0 spiro atoms. The third-order valence-electron chi connectivity index (χ3n) is 2.88. The fourth-order valence-corrected chi connectivity index (χ4v) is 2.00. The van der Waals surface area contributed by atoms with E-state index < -0.39 is 24.2 Å². The van der Waals surface area contributed by atoms with E-state index in [1.54, 1.807) is 0 Å². The minimum absolute atomic E-state index is 0.0496. The summed E-state index contributed by atoms with van der Waals surface area (Å²) in [7, 11) is 1.17. The summed E-state index contributed by atoms with van der Waals surface area (Å²) in [6.45, 7) is 2.00. The Morgan fingerprint density at radius 3 is 3.00 bits per heavy atom. The molecule has 1 aliphatic carbocycles. The van der Waals surface area contributed by atoms with Crippen molar-refractivity contribution in [3.8, 4) is 0 Å². The van der Waals surface area contributed by atoms with Crippen LogP contribution < -0.4 is 0 Å². The van der Waals surface area contributed by atoms with Gasteiger partial charge in [0.2, 0.25) is 0 Å². The van der Waals surface area contributed by atoms with Crippen LogP contribution >= 0.6 is 0 Å². The molecule has 1 saturated carbocycles. The maximum Gasteiger partial charge on any atom is 0.305 e. The van der Waals surface area contributed by atoms with Crippen molar-refractivity contribution in [3.63, 3.8) is 0 Å². The maximum absolute atomic E-state index is 11.8. The summed E-state index contributed by atoms with van der Waals surface area (Å²) in [5.74, 6) is -1.80. The number of hydrogen-bond acceptors (Lipinski definition) is 3. The normalized spacial score (nSPS) is 28.0. The first kappa shape index (κ1) is 10.1. The van der Waals surface area contributed by atoms with E-state index in [4.69, 9.17) is 2.74 Å². The first-order valence-electron chi connectivity index (χ1n) is 6.71. The van der Waals surface area contributed by atoms with Gasteiger partial charge in [-0.15, -0.1) is 0 Å². The van der Waals surface area contributed by atoms with Gasteiger partial charge in [0.25, 0.3) is 0 Å². The molecule has 1 aliphatic rings. The molecule has 0 N–H and O–H groups in total. The van der Waals surface area contributed by atoms with Crippen LogP contribution in [0.5, 0.6) is 0 Å². The van der Waals surface area contributed by atoms with E-state index in [0.717, 1.165) is 6.42 Å². The van der Waals surface area contributed by atoms with Gasteiger partial charge in [-0.3, -0.25) is 9.59 Å². The zero-order chi connectivity index (χ0) is 13.8. The fourth-order valence-electron chi connectivity index (χ4n) is 2.00. The van der Waals surface area contributed by atoms with Crippen LogP contribution in [-0.4, -0.2) is 18.9 Å². The lowest BCUT2D eigenvalue weighted by Crippen LogP contribution is -2.18. The second kappa shape index (κ2) is 6.46. The Balaban J connectivity index is 2.83. The molecule has 0 aliphatic heterocycles. The van der Waals surface area contributed by atoms with Crippen LogP contribution in [0.15, 0.2) is 12.2 Å². The van der Waals surface area contributed by atoms with E-state index >= 15 is 0 Å². The molecule has 16 heavy (non-hydrogen) atoms. The first-order valence-corrected chi connectivity index (χ1v) is 5.71. The van der Waals surface area contributed by atoms with Gasteiger partial charge < -0.3 is 4.74 Å². The summed E-state index contributed by atoms with van der Waals surface area (Å²) in [5.41, 5.74) is 0. The highest BCUT2D eigenvalue weighted by Gasteiger charge is 2.34. The minimum atomic E-state index is -2.08. The van der Waals surface area contributed by atoms with Crippen molar-refractivity contribution >= 4 is 11.8 Å². The average Bonchev–Trinajstić information content (AvgIpc) is 2.71. The minimum Gasteiger partial charge on any atom is -0.469 e. The van der Waals surface area contributed by atoms with Crippen LogP contribution in [0.3, 0.4) is 0 Å². The number of hydrogen-bond donors (Lipinski definition) is 0. The molecule has 0 radical (unpaired) electrons. The van der Waals surface area contributed by atoms with Crippen molar-refractivity contribution in [1.82, 2.24) is 0 Å². The molecule has 3 nitrogen and oxygen atoms in total. The molecule has 0 aromatic heterocycles. The molecular weight excluding hydrogens is 204 g/mol. The van der Waals surface area contributed by atoms with Crippen molar-refractivity contribution < 1.29 is 17.1 Å². The van der Waals surface area contributed by atoms with Crippen molar-refractivity contribution in [1.29, 1.82) is 0 Å². The van der Waals surface area contributed by atoms with Gasteiger partial charge in [0.05, 0.1) is 7.11 Å². The zero-order valence-corrected chi connectivity index (χ0v) is 9.86. The molecule has 3 heteroatoms. The number of ether oxygens (including phenoxy) is 1. The Morgan fingerprint density at radius 2 is 2.38 bits per heavy atom. The van der Waals surface area contributed by atoms with E-state index in [2.05, 4.69) is 4.74 Å². The number of allylic oxidation sites excluding steroid dienone is 2. The third-order valence-corrected chi connectivity index (χ3v) is 2.88. The van der Waals surface area contributed by atoms with E-state index in [-0.39, 0.29) is 5.78 Å². The lowest BCUT2D eigenvalue weighted by molar-refractivity contribution is -0.142. The molecule has 2 atom stereocenters. The second-order valence-corrected chi connectivity index (χ2v) is 3.97. The summed E-state index contributed by atoms with van der Waals surface area (Å²) in [4.78, 5) is 23.3. The number of methoxy groups -OCH3 is 1.